The zero-order valence-corrected chi connectivity index (χ0v) is 13.4. The fourth-order valence-corrected chi connectivity index (χ4v) is 5.03. The molecule has 0 radical (unpaired) electrons. The van der Waals surface area contributed by atoms with Gasteiger partial charge in [-0.05, 0) is 55.9 Å². The molecule has 0 saturated carbocycles. The second-order valence-electron chi connectivity index (χ2n) is 6.80. The number of ether oxygens (including phenoxy) is 1. The van der Waals surface area contributed by atoms with Crippen molar-refractivity contribution in [3.05, 3.63) is 35.6 Å². The van der Waals surface area contributed by atoms with Crippen LogP contribution in [0.5, 0.6) is 0 Å². The van der Waals surface area contributed by atoms with E-state index in [4.69, 9.17) is 10.5 Å². The molecule has 21 heavy (non-hydrogen) atoms. The molecule has 116 valence electrons. The lowest BCUT2D eigenvalue weighted by Gasteiger charge is -2.44. The topological polar surface area (TPSA) is 35.2 Å². The molecule has 2 aliphatic rings. The molecule has 3 atom stereocenters. The largest absolute Gasteiger partial charge is 0.374 e. The monoisotopic (exact) mass is 309 g/mol. The summed E-state index contributed by atoms with van der Waals surface area (Å²) < 4.78 is 20.0. The molecule has 1 spiro atoms. The van der Waals surface area contributed by atoms with Gasteiger partial charge >= 0.3 is 0 Å². The van der Waals surface area contributed by atoms with Crippen molar-refractivity contribution in [3.8, 4) is 0 Å². The van der Waals surface area contributed by atoms with Gasteiger partial charge in [0.25, 0.3) is 0 Å². The maximum absolute atomic E-state index is 13.9. The van der Waals surface area contributed by atoms with E-state index >= 15 is 0 Å². The second-order valence-corrected chi connectivity index (χ2v) is 7.90. The molecule has 1 aromatic carbocycles. The minimum Gasteiger partial charge on any atom is -0.374 e. The normalized spacial score (nSPS) is 32.2. The van der Waals surface area contributed by atoms with Crippen molar-refractivity contribution in [3.63, 3.8) is 0 Å². The summed E-state index contributed by atoms with van der Waals surface area (Å²) in [7, 11) is 0. The minimum absolute atomic E-state index is 0.0312. The quantitative estimate of drug-likeness (QED) is 0.929. The van der Waals surface area contributed by atoms with E-state index in [1.807, 2.05) is 23.9 Å². The molecule has 2 N–H and O–H groups in total. The first-order chi connectivity index (χ1) is 10.0. The molecule has 1 aromatic rings. The maximum atomic E-state index is 13.9. The number of hydrogen-bond acceptors (Lipinski definition) is 3. The third-order valence-corrected chi connectivity index (χ3v) is 6.24. The summed E-state index contributed by atoms with van der Waals surface area (Å²) in [5.41, 5.74) is 6.99. The van der Waals surface area contributed by atoms with Gasteiger partial charge in [-0.2, -0.15) is 11.8 Å². The van der Waals surface area contributed by atoms with Gasteiger partial charge in [0.1, 0.15) is 5.82 Å². The van der Waals surface area contributed by atoms with Crippen LogP contribution in [0.3, 0.4) is 0 Å². The van der Waals surface area contributed by atoms with Gasteiger partial charge in [-0.25, -0.2) is 4.39 Å². The van der Waals surface area contributed by atoms with E-state index in [9.17, 15) is 4.39 Å². The summed E-state index contributed by atoms with van der Waals surface area (Å²) in [5.74, 6) is 2.51. The first-order valence-electron chi connectivity index (χ1n) is 7.75. The van der Waals surface area contributed by atoms with Crippen LogP contribution in [0.4, 0.5) is 4.39 Å². The predicted octanol–water partition coefficient (Wildman–Crippen LogP) is 3.39. The maximum Gasteiger partial charge on any atom is 0.126 e. The van der Waals surface area contributed by atoms with E-state index in [2.05, 4.69) is 6.92 Å². The molecule has 3 rings (SSSR count). The van der Waals surface area contributed by atoms with Crippen LogP contribution in [-0.4, -0.2) is 29.3 Å². The zero-order valence-electron chi connectivity index (χ0n) is 12.6. The molecule has 3 unspecified atom stereocenters. The van der Waals surface area contributed by atoms with Crippen molar-refractivity contribution in [2.24, 2.45) is 11.7 Å². The minimum atomic E-state index is -0.383. The molecule has 2 saturated heterocycles. The Hall–Kier alpha value is -0.580. The molecule has 0 bridgehead atoms. The summed E-state index contributed by atoms with van der Waals surface area (Å²) in [6.45, 7) is 2.86. The molecule has 2 heterocycles. The molecular weight excluding hydrogens is 285 g/mol. The SMILES string of the molecule is CC(N)(Cc1ccccc1F)C1CCOC2(CCSC2)C1. The van der Waals surface area contributed by atoms with E-state index in [0.29, 0.717) is 12.3 Å². The van der Waals surface area contributed by atoms with Gasteiger partial charge in [0, 0.05) is 17.9 Å². The number of thioether (sulfide) groups is 1. The van der Waals surface area contributed by atoms with Crippen LogP contribution in [0.1, 0.15) is 31.7 Å². The lowest BCUT2D eigenvalue weighted by atomic mass is 9.72. The lowest BCUT2D eigenvalue weighted by molar-refractivity contribution is -0.0910. The van der Waals surface area contributed by atoms with Crippen molar-refractivity contribution < 1.29 is 9.13 Å². The Kier molecular flexibility index (Phi) is 4.30. The Morgan fingerprint density at radius 1 is 1.48 bits per heavy atom. The molecule has 4 heteroatoms. The molecule has 2 fully saturated rings. The third-order valence-electron chi connectivity index (χ3n) is 5.02. The Labute approximate surface area is 130 Å². The Morgan fingerprint density at radius 3 is 3.00 bits per heavy atom. The van der Waals surface area contributed by atoms with Crippen molar-refractivity contribution in [1.29, 1.82) is 0 Å². The van der Waals surface area contributed by atoms with Crippen LogP contribution in [0, 0.1) is 11.7 Å². The predicted molar refractivity (Wildman–Crippen MR) is 86.0 cm³/mol. The van der Waals surface area contributed by atoms with E-state index < -0.39 is 0 Å². The smallest absolute Gasteiger partial charge is 0.126 e. The Balaban J connectivity index is 1.73. The van der Waals surface area contributed by atoms with Crippen LogP contribution in [0.2, 0.25) is 0 Å². The van der Waals surface area contributed by atoms with Gasteiger partial charge in [0.2, 0.25) is 0 Å². The van der Waals surface area contributed by atoms with Crippen LogP contribution >= 0.6 is 11.8 Å². The van der Waals surface area contributed by atoms with Crippen molar-refractivity contribution in [2.75, 3.05) is 18.1 Å². The van der Waals surface area contributed by atoms with Crippen LogP contribution in [-0.2, 0) is 11.2 Å². The highest BCUT2D eigenvalue weighted by Gasteiger charge is 2.45. The van der Waals surface area contributed by atoms with Gasteiger partial charge in [-0.1, -0.05) is 18.2 Å². The first kappa shape index (κ1) is 15.3. The standard InChI is InChI=1S/C17H24FNOS/c1-16(19,10-13-4-2-3-5-15(13)18)14-6-8-20-17(11-14)7-9-21-12-17/h2-5,14H,6-12,19H2,1H3. The molecular formula is C17H24FNOS. The summed E-state index contributed by atoms with van der Waals surface area (Å²) in [5, 5.41) is 0. The van der Waals surface area contributed by atoms with E-state index in [1.54, 1.807) is 6.07 Å². The summed E-state index contributed by atoms with van der Waals surface area (Å²) in [6, 6.07) is 6.98. The molecule has 0 aliphatic carbocycles. The molecule has 0 amide bonds. The van der Waals surface area contributed by atoms with Crippen LogP contribution in [0.15, 0.2) is 24.3 Å². The Bertz CT molecular complexity index is 499. The zero-order chi connectivity index (χ0) is 14.9. The highest BCUT2D eigenvalue weighted by molar-refractivity contribution is 7.99. The van der Waals surface area contributed by atoms with Gasteiger partial charge in [-0.15, -0.1) is 0 Å². The van der Waals surface area contributed by atoms with Gasteiger partial charge < -0.3 is 10.5 Å². The highest BCUT2D eigenvalue weighted by Crippen LogP contribution is 2.43. The van der Waals surface area contributed by atoms with E-state index in [1.165, 1.54) is 11.8 Å². The first-order valence-corrected chi connectivity index (χ1v) is 8.90. The number of rotatable bonds is 3. The Morgan fingerprint density at radius 2 is 2.29 bits per heavy atom. The number of hydrogen-bond donors (Lipinski definition) is 1. The van der Waals surface area contributed by atoms with Crippen molar-refractivity contribution in [2.45, 2.75) is 43.7 Å². The second kappa shape index (κ2) is 5.90. The van der Waals surface area contributed by atoms with Gasteiger partial charge in [0.15, 0.2) is 0 Å². The van der Waals surface area contributed by atoms with Crippen LogP contribution < -0.4 is 5.73 Å². The highest BCUT2D eigenvalue weighted by atomic mass is 32.2. The average Bonchev–Trinajstić information content (AvgIpc) is 2.89. The van der Waals surface area contributed by atoms with Gasteiger partial charge in [-0.3, -0.25) is 0 Å². The summed E-state index contributed by atoms with van der Waals surface area (Å²) >= 11 is 1.97. The number of nitrogens with two attached hydrogens (primary N) is 1. The summed E-state index contributed by atoms with van der Waals surface area (Å²) in [4.78, 5) is 0. The molecule has 2 aliphatic heterocycles. The fourth-order valence-electron chi connectivity index (χ4n) is 3.65. The van der Waals surface area contributed by atoms with Crippen molar-refractivity contribution >= 4 is 11.8 Å². The average molecular weight is 309 g/mol. The molecule has 2 nitrogen and oxygen atoms in total. The fraction of sp³-hybridized carbons (Fsp3) is 0.647. The molecule has 0 aromatic heterocycles. The third kappa shape index (κ3) is 3.27. The lowest BCUT2D eigenvalue weighted by Crippen LogP contribution is -2.53. The number of halogens is 1. The van der Waals surface area contributed by atoms with Crippen molar-refractivity contribution in [1.82, 2.24) is 0 Å². The van der Waals surface area contributed by atoms with E-state index in [0.717, 1.165) is 37.2 Å². The van der Waals surface area contributed by atoms with Crippen LogP contribution in [0.25, 0.3) is 0 Å². The van der Waals surface area contributed by atoms with Gasteiger partial charge in [0.05, 0.1) is 5.60 Å². The van der Waals surface area contributed by atoms with E-state index in [-0.39, 0.29) is 17.0 Å². The summed E-state index contributed by atoms with van der Waals surface area (Å²) in [6.07, 6.45) is 3.72. The number of benzene rings is 1.